The molecule has 17 heavy (non-hydrogen) atoms. The molecule has 0 aliphatic rings. The third kappa shape index (κ3) is 3.11. The molecule has 2 rings (SSSR count). The first-order valence-corrected chi connectivity index (χ1v) is 6.49. The van der Waals surface area contributed by atoms with Crippen molar-refractivity contribution in [1.82, 2.24) is 30.1 Å². The quantitative estimate of drug-likeness (QED) is 0.599. The van der Waals surface area contributed by atoms with Gasteiger partial charge in [0.25, 0.3) is 0 Å². The summed E-state index contributed by atoms with van der Waals surface area (Å²) in [6, 6.07) is 0. The lowest BCUT2D eigenvalue weighted by atomic mass is 10.3. The molecule has 2 aromatic rings. The number of hydrogen-bond donors (Lipinski definition) is 3. The monoisotopic (exact) mass is 256 g/mol. The van der Waals surface area contributed by atoms with Crippen LogP contribution in [0.15, 0.2) is 23.6 Å². The first-order chi connectivity index (χ1) is 8.18. The van der Waals surface area contributed by atoms with Crippen LogP contribution in [0.5, 0.6) is 0 Å². The molecule has 0 aliphatic carbocycles. The number of H-pyrrole nitrogens is 2. The van der Waals surface area contributed by atoms with Gasteiger partial charge in [0.1, 0.15) is 17.0 Å². The van der Waals surface area contributed by atoms with Crippen LogP contribution in [0.25, 0.3) is 0 Å². The number of rotatable bonds is 6. The Kier molecular flexibility index (Phi) is 3.49. The third-order valence-corrected chi connectivity index (χ3v) is 3.56. The molecular formula is C8H12N6O2S. The number of nitrogens with zero attached hydrogens (tertiary/aromatic N) is 3. The van der Waals surface area contributed by atoms with E-state index in [9.17, 15) is 8.42 Å². The topological polar surface area (TPSA) is 116 Å². The normalized spacial score (nSPS) is 11.8. The number of hydrogen-bond acceptors (Lipinski definition) is 5. The van der Waals surface area contributed by atoms with Crippen molar-refractivity contribution >= 4 is 10.0 Å². The molecule has 0 aromatic carbocycles. The Morgan fingerprint density at radius 2 is 2.24 bits per heavy atom. The van der Waals surface area contributed by atoms with Crippen LogP contribution in [0.4, 0.5) is 0 Å². The molecular weight excluding hydrogens is 244 g/mol. The minimum absolute atomic E-state index is 0.136. The zero-order valence-corrected chi connectivity index (χ0v) is 9.74. The number of sulfonamides is 1. The Morgan fingerprint density at radius 1 is 1.35 bits per heavy atom. The Balaban J connectivity index is 1.79. The van der Waals surface area contributed by atoms with Crippen molar-refractivity contribution in [1.29, 1.82) is 0 Å². The van der Waals surface area contributed by atoms with E-state index in [-0.39, 0.29) is 4.90 Å². The van der Waals surface area contributed by atoms with Crippen molar-refractivity contribution in [3.05, 3.63) is 24.5 Å². The highest BCUT2D eigenvalue weighted by Gasteiger charge is 2.13. The fourth-order valence-corrected chi connectivity index (χ4v) is 2.26. The Hall–Kier alpha value is -1.74. The zero-order chi connectivity index (χ0) is 12.1. The van der Waals surface area contributed by atoms with Crippen LogP contribution in [-0.2, 0) is 16.4 Å². The van der Waals surface area contributed by atoms with Crippen molar-refractivity contribution in [3.8, 4) is 0 Å². The molecule has 0 saturated heterocycles. The maximum atomic E-state index is 11.6. The molecule has 0 saturated carbocycles. The van der Waals surface area contributed by atoms with Gasteiger partial charge in [-0.25, -0.2) is 18.1 Å². The molecule has 0 bridgehead atoms. The van der Waals surface area contributed by atoms with Crippen LogP contribution in [0.2, 0.25) is 0 Å². The summed E-state index contributed by atoms with van der Waals surface area (Å²) in [6.07, 6.45) is 5.31. The molecule has 9 heteroatoms. The highest BCUT2D eigenvalue weighted by atomic mass is 32.2. The largest absolute Gasteiger partial charge is 0.284 e. The third-order valence-electron chi connectivity index (χ3n) is 2.13. The van der Waals surface area contributed by atoms with Gasteiger partial charge in [-0.05, 0) is 6.42 Å². The summed E-state index contributed by atoms with van der Waals surface area (Å²) in [5.74, 6) is 0.743. The van der Waals surface area contributed by atoms with Crippen molar-refractivity contribution in [2.45, 2.75) is 17.7 Å². The average molecular weight is 256 g/mol. The second-order valence-corrected chi connectivity index (χ2v) is 5.13. The fraction of sp³-hybridized carbons (Fsp3) is 0.375. The van der Waals surface area contributed by atoms with E-state index in [0.717, 1.165) is 5.82 Å². The van der Waals surface area contributed by atoms with Crippen molar-refractivity contribution < 1.29 is 8.42 Å². The lowest BCUT2D eigenvalue weighted by molar-refractivity contribution is 0.578. The molecule has 2 aromatic heterocycles. The van der Waals surface area contributed by atoms with E-state index in [1.54, 1.807) is 0 Å². The van der Waals surface area contributed by atoms with Crippen LogP contribution in [-0.4, -0.2) is 40.3 Å². The van der Waals surface area contributed by atoms with Crippen LogP contribution in [0, 0.1) is 0 Å². The van der Waals surface area contributed by atoms with Gasteiger partial charge in [0.2, 0.25) is 10.0 Å². The standard InChI is InChI=1S/C8H12N6O2S/c15-17(16,7-4-10-11-5-7)13-3-1-2-8-9-6-12-14-8/h4-6,13H,1-3H2,(H,10,11)(H,9,12,14). The molecule has 0 fully saturated rings. The van der Waals surface area contributed by atoms with E-state index >= 15 is 0 Å². The van der Waals surface area contributed by atoms with Crippen LogP contribution >= 0.6 is 0 Å². The Bertz CT molecular complexity index is 533. The second kappa shape index (κ2) is 5.06. The van der Waals surface area contributed by atoms with E-state index < -0.39 is 10.0 Å². The van der Waals surface area contributed by atoms with Gasteiger partial charge in [-0.2, -0.15) is 10.2 Å². The summed E-state index contributed by atoms with van der Waals surface area (Å²) in [4.78, 5) is 4.08. The van der Waals surface area contributed by atoms with Crippen LogP contribution in [0.1, 0.15) is 12.2 Å². The van der Waals surface area contributed by atoms with Crippen molar-refractivity contribution in [3.63, 3.8) is 0 Å². The summed E-state index contributed by atoms with van der Waals surface area (Å²) in [5.41, 5.74) is 0. The van der Waals surface area contributed by atoms with Gasteiger partial charge in [0, 0.05) is 19.2 Å². The summed E-state index contributed by atoms with van der Waals surface area (Å²) < 4.78 is 25.8. The fourth-order valence-electron chi connectivity index (χ4n) is 1.28. The van der Waals surface area contributed by atoms with Gasteiger partial charge in [-0.1, -0.05) is 0 Å². The number of nitrogens with one attached hydrogen (secondary N) is 3. The van der Waals surface area contributed by atoms with Gasteiger partial charge >= 0.3 is 0 Å². The predicted octanol–water partition coefficient (Wildman–Crippen LogP) is -0.561. The lowest BCUT2D eigenvalue weighted by Gasteiger charge is -2.03. The molecule has 92 valence electrons. The molecule has 0 atom stereocenters. The first-order valence-electron chi connectivity index (χ1n) is 5.01. The minimum atomic E-state index is -3.45. The van der Waals surface area contributed by atoms with Crippen LogP contribution < -0.4 is 4.72 Å². The first kappa shape index (κ1) is 11.7. The molecule has 8 nitrogen and oxygen atoms in total. The minimum Gasteiger partial charge on any atom is -0.284 e. The molecule has 3 N–H and O–H groups in total. The molecule has 0 spiro atoms. The van der Waals surface area contributed by atoms with Crippen molar-refractivity contribution in [2.75, 3.05) is 6.54 Å². The molecule has 2 heterocycles. The average Bonchev–Trinajstić information content (AvgIpc) is 2.97. The van der Waals surface area contributed by atoms with Gasteiger partial charge in [-0.3, -0.25) is 10.2 Å². The maximum absolute atomic E-state index is 11.6. The van der Waals surface area contributed by atoms with Gasteiger partial charge in [0.05, 0.1) is 6.20 Å². The molecule has 0 amide bonds. The predicted molar refractivity (Wildman–Crippen MR) is 58.5 cm³/mol. The van der Waals surface area contributed by atoms with Crippen LogP contribution in [0.3, 0.4) is 0 Å². The number of aryl methyl sites for hydroxylation is 1. The SMILES string of the molecule is O=S(=O)(NCCCc1ncn[nH]1)c1cn[nH]c1. The van der Waals surface area contributed by atoms with E-state index in [0.29, 0.717) is 19.4 Å². The Labute approximate surface area is 97.9 Å². The van der Waals surface area contributed by atoms with E-state index in [1.165, 1.54) is 18.7 Å². The summed E-state index contributed by atoms with van der Waals surface area (Å²) in [7, 11) is -3.45. The number of aromatic nitrogens is 5. The summed E-state index contributed by atoms with van der Waals surface area (Å²) in [5, 5.41) is 12.5. The maximum Gasteiger partial charge on any atom is 0.243 e. The molecule has 0 unspecified atom stereocenters. The van der Waals surface area contributed by atoms with Crippen molar-refractivity contribution in [2.24, 2.45) is 0 Å². The van der Waals surface area contributed by atoms with Gasteiger partial charge in [0.15, 0.2) is 0 Å². The van der Waals surface area contributed by atoms with E-state index in [2.05, 4.69) is 30.1 Å². The number of aromatic amines is 2. The lowest BCUT2D eigenvalue weighted by Crippen LogP contribution is -2.24. The van der Waals surface area contributed by atoms with E-state index in [4.69, 9.17) is 0 Å². The second-order valence-electron chi connectivity index (χ2n) is 3.37. The van der Waals surface area contributed by atoms with Gasteiger partial charge in [-0.15, -0.1) is 0 Å². The molecule has 0 aliphatic heterocycles. The smallest absolute Gasteiger partial charge is 0.243 e. The summed E-state index contributed by atoms with van der Waals surface area (Å²) in [6.45, 7) is 0.341. The highest BCUT2D eigenvalue weighted by molar-refractivity contribution is 7.89. The Morgan fingerprint density at radius 3 is 2.88 bits per heavy atom. The zero-order valence-electron chi connectivity index (χ0n) is 8.92. The summed E-state index contributed by atoms with van der Waals surface area (Å²) >= 11 is 0. The van der Waals surface area contributed by atoms with E-state index in [1.807, 2.05) is 0 Å². The van der Waals surface area contributed by atoms with Gasteiger partial charge < -0.3 is 0 Å². The molecule has 0 radical (unpaired) electrons. The highest BCUT2D eigenvalue weighted by Crippen LogP contribution is 2.04.